The summed E-state index contributed by atoms with van der Waals surface area (Å²) in [6, 6.07) is 16.7. The molecule has 218 valence electrons. The Kier molecular flexibility index (Phi) is 8.71. The van der Waals surface area contributed by atoms with Crippen LogP contribution in [-0.2, 0) is 14.8 Å². The van der Waals surface area contributed by atoms with Crippen molar-refractivity contribution in [2.24, 2.45) is 4.15 Å². The molecule has 0 bridgehead atoms. The predicted molar refractivity (Wildman–Crippen MR) is 165 cm³/mol. The third-order valence-electron chi connectivity index (χ3n) is 7.11. The van der Waals surface area contributed by atoms with Gasteiger partial charge in [-0.05, 0) is 63.2 Å². The first-order valence-corrected chi connectivity index (χ1v) is 17.1. The van der Waals surface area contributed by atoms with Crippen LogP contribution in [0.5, 0.6) is 5.75 Å². The van der Waals surface area contributed by atoms with E-state index in [1.54, 1.807) is 30.3 Å². The lowest BCUT2D eigenvalue weighted by Crippen LogP contribution is -2.49. The van der Waals surface area contributed by atoms with E-state index in [4.69, 9.17) is 36.8 Å². The lowest BCUT2D eigenvalue weighted by atomic mass is 10.2. The van der Waals surface area contributed by atoms with Crippen molar-refractivity contribution < 1.29 is 22.7 Å². The molecule has 0 saturated carbocycles. The minimum Gasteiger partial charge on any atom is -0.409 e. The number of sulfonamides is 1. The second-order valence-electron chi connectivity index (χ2n) is 9.61. The molecule has 2 aliphatic rings. The number of hydrogen-bond donors (Lipinski definition) is 0. The third kappa shape index (κ3) is 5.61. The van der Waals surface area contributed by atoms with Crippen LogP contribution in [0.4, 0.5) is 16.2 Å². The number of nitrogens with zero attached hydrogens (tertiary/aromatic N) is 4. The summed E-state index contributed by atoms with van der Waals surface area (Å²) in [7, 11) is -7.89. The topological polar surface area (TPSA) is 91.8 Å². The fourth-order valence-electron chi connectivity index (χ4n) is 5.01. The van der Waals surface area contributed by atoms with Gasteiger partial charge in [-0.15, -0.1) is 4.15 Å². The van der Waals surface area contributed by atoms with Crippen LogP contribution in [0.3, 0.4) is 0 Å². The van der Waals surface area contributed by atoms with Crippen molar-refractivity contribution in [2.75, 3.05) is 49.0 Å². The zero-order valence-corrected chi connectivity index (χ0v) is 26.2. The van der Waals surface area contributed by atoms with Gasteiger partial charge in [-0.2, -0.15) is 8.42 Å². The molecule has 41 heavy (non-hydrogen) atoms. The van der Waals surface area contributed by atoms with Gasteiger partial charge in [0.2, 0.25) is 0 Å². The van der Waals surface area contributed by atoms with Gasteiger partial charge in [0.25, 0.3) is 10.0 Å². The number of hydrogen-bond acceptors (Lipinski definition) is 6. The largest absolute Gasteiger partial charge is 0.425 e. The first kappa shape index (κ1) is 29.9. The molecule has 2 aliphatic heterocycles. The van der Waals surface area contributed by atoms with E-state index in [-0.39, 0.29) is 15.7 Å². The van der Waals surface area contributed by atoms with Crippen LogP contribution in [0.25, 0.3) is 0 Å². The van der Waals surface area contributed by atoms with Gasteiger partial charge in [-0.25, -0.2) is 14.1 Å². The van der Waals surface area contributed by atoms with E-state index < -0.39 is 23.5 Å². The highest BCUT2D eigenvalue weighted by atomic mass is 35.5. The van der Waals surface area contributed by atoms with Crippen molar-refractivity contribution in [3.05, 3.63) is 76.3 Å². The highest BCUT2D eigenvalue weighted by Crippen LogP contribution is 2.62. The lowest BCUT2D eigenvalue weighted by molar-refractivity contribution is 0.0742. The van der Waals surface area contributed by atoms with Gasteiger partial charge >= 0.3 is 6.09 Å². The third-order valence-corrected chi connectivity index (χ3v) is 13.6. The number of carbonyl (C=O) groups is 1. The van der Waals surface area contributed by atoms with Gasteiger partial charge in [0.15, 0.2) is 7.36 Å². The Balaban J connectivity index is 1.87. The summed E-state index contributed by atoms with van der Waals surface area (Å²) in [5.74, 6) is 0.276. The summed E-state index contributed by atoms with van der Waals surface area (Å²) >= 11 is 12.6. The van der Waals surface area contributed by atoms with Gasteiger partial charge in [-0.1, -0.05) is 40.9 Å². The summed E-state index contributed by atoms with van der Waals surface area (Å²) in [6.07, 6.45) is -0.754. The van der Waals surface area contributed by atoms with E-state index in [9.17, 15) is 13.2 Å². The number of carbonyl (C=O) groups excluding carboxylic acids is 1. The quantitative estimate of drug-likeness (QED) is 0.272. The summed E-state index contributed by atoms with van der Waals surface area (Å²) in [6.45, 7) is 8.83. The molecule has 13 heteroatoms. The van der Waals surface area contributed by atoms with Crippen LogP contribution in [0.15, 0.2) is 69.7 Å². The van der Waals surface area contributed by atoms with E-state index >= 15 is 0 Å². The summed E-state index contributed by atoms with van der Waals surface area (Å²) in [5, 5.41) is 1.02. The van der Waals surface area contributed by atoms with Crippen LogP contribution in [-0.4, -0.2) is 58.6 Å². The molecule has 0 aromatic heterocycles. The minimum atomic E-state index is -4.27. The molecule has 3 aromatic carbocycles. The molecule has 1 fully saturated rings. The zero-order chi connectivity index (χ0) is 29.4. The molecule has 0 spiro atoms. The Hall–Kier alpha value is -2.59. The molecular weight excluding hydrogens is 606 g/mol. The van der Waals surface area contributed by atoms with Gasteiger partial charge in [0.05, 0.1) is 39.1 Å². The van der Waals surface area contributed by atoms with Crippen molar-refractivity contribution in [1.29, 1.82) is 0 Å². The predicted octanol–water partition coefficient (Wildman–Crippen LogP) is 6.54. The van der Waals surface area contributed by atoms with E-state index in [1.165, 1.54) is 22.9 Å². The number of aryl methyl sites for hydroxylation is 1. The number of rotatable bonds is 7. The summed E-state index contributed by atoms with van der Waals surface area (Å²) in [5.41, 5.74) is 2.09. The van der Waals surface area contributed by atoms with Crippen LogP contribution in [0, 0.1) is 6.92 Å². The first-order valence-electron chi connectivity index (χ1n) is 13.3. The Morgan fingerprint density at radius 2 is 1.63 bits per heavy atom. The van der Waals surface area contributed by atoms with Gasteiger partial charge in [0, 0.05) is 37.9 Å². The SMILES string of the molecule is CCN(CC)c1ccc2c(c1)OC(=O)N(c1ccc(Cl)c(Cl)c1)[P@]2(=NS(=O)(=O)c1ccc(C)cc1)N1CCOCC1. The fraction of sp³-hybridized carbons (Fsp3) is 0.321. The van der Waals surface area contributed by atoms with E-state index in [0.29, 0.717) is 42.3 Å². The normalized spacial score (nSPS) is 19.4. The summed E-state index contributed by atoms with van der Waals surface area (Å²) < 4.78 is 47.8. The number of fused-ring (bicyclic) bond motifs is 1. The molecule has 1 atom stereocenters. The molecule has 3 aromatic rings. The van der Waals surface area contributed by atoms with Crippen molar-refractivity contribution in [3.63, 3.8) is 0 Å². The highest BCUT2D eigenvalue weighted by molar-refractivity contribution is 7.95. The monoisotopic (exact) mass is 636 g/mol. The number of morpholine rings is 1. The van der Waals surface area contributed by atoms with Crippen molar-refractivity contribution >= 4 is 63.4 Å². The average molecular weight is 638 g/mol. The average Bonchev–Trinajstić information content (AvgIpc) is 2.96. The number of halogens is 2. The molecular formula is C28H31Cl2N4O5PS. The summed E-state index contributed by atoms with van der Waals surface area (Å²) in [4.78, 5) is 16.2. The van der Waals surface area contributed by atoms with Gasteiger partial charge in [0.1, 0.15) is 5.75 Å². The van der Waals surface area contributed by atoms with Gasteiger partial charge < -0.3 is 14.4 Å². The van der Waals surface area contributed by atoms with Crippen molar-refractivity contribution in [3.8, 4) is 5.75 Å². The maximum Gasteiger partial charge on any atom is 0.425 e. The zero-order valence-electron chi connectivity index (χ0n) is 23.0. The van der Waals surface area contributed by atoms with Crippen molar-refractivity contribution in [2.45, 2.75) is 25.7 Å². The molecule has 1 saturated heterocycles. The number of anilines is 2. The molecule has 0 N–H and O–H groups in total. The second-order valence-corrected chi connectivity index (χ2v) is 15.1. The van der Waals surface area contributed by atoms with E-state index in [2.05, 4.69) is 4.90 Å². The standard InChI is InChI=1S/C28H31Cl2N4O5PS/c1-4-32(5-2)21-9-13-27-26(19-21)39-28(35)34(22-8-12-24(29)25(30)18-22)40(27,33-14-16-38-17-15-33)31-41(36,37)23-10-6-20(3)7-11-23/h6-13,18-19H,4-5,14-17H2,1-3H3/t40-/m1/s1. The molecule has 5 rings (SSSR count). The molecule has 2 heterocycles. The molecule has 0 radical (unpaired) electrons. The maximum absolute atomic E-state index is 14.1. The molecule has 0 unspecified atom stereocenters. The Morgan fingerprint density at radius 3 is 2.27 bits per heavy atom. The first-order chi connectivity index (χ1) is 19.6. The fourth-order valence-corrected chi connectivity index (χ4v) is 11.3. The minimum absolute atomic E-state index is 0.0325. The van der Waals surface area contributed by atoms with Crippen LogP contribution < -0.4 is 19.6 Å². The Labute approximate surface area is 250 Å². The highest BCUT2D eigenvalue weighted by Gasteiger charge is 2.49. The second kappa shape index (κ2) is 12.0. The van der Waals surface area contributed by atoms with Crippen LogP contribution in [0.1, 0.15) is 19.4 Å². The Bertz CT molecular complexity index is 1620. The molecule has 1 amide bonds. The van der Waals surface area contributed by atoms with E-state index in [1.807, 2.05) is 37.6 Å². The molecule has 0 aliphatic carbocycles. The Morgan fingerprint density at radius 1 is 0.951 bits per heavy atom. The van der Waals surface area contributed by atoms with E-state index in [0.717, 1.165) is 24.3 Å². The maximum atomic E-state index is 14.1. The number of amides is 1. The van der Waals surface area contributed by atoms with Crippen LogP contribution >= 0.6 is 30.6 Å². The molecule has 9 nitrogen and oxygen atoms in total. The van der Waals surface area contributed by atoms with Crippen LogP contribution in [0.2, 0.25) is 10.0 Å². The van der Waals surface area contributed by atoms with Crippen molar-refractivity contribution in [1.82, 2.24) is 4.67 Å². The number of benzene rings is 3. The number of ether oxygens (including phenoxy) is 2. The van der Waals surface area contributed by atoms with Gasteiger partial charge in [-0.3, -0.25) is 0 Å². The smallest absolute Gasteiger partial charge is 0.409 e. The lowest BCUT2D eigenvalue weighted by Gasteiger charge is -2.46.